The second-order valence-corrected chi connectivity index (χ2v) is 12.5. The minimum Gasteiger partial charge on any atom is -0.508 e. The normalized spacial score (nSPS) is 17.8. The van der Waals surface area contributed by atoms with Crippen LogP contribution in [0.1, 0.15) is 101 Å². The zero-order chi connectivity index (χ0) is 32.7. The summed E-state index contributed by atoms with van der Waals surface area (Å²) in [5, 5.41) is 33.1. The van der Waals surface area contributed by atoms with Gasteiger partial charge in [-0.3, -0.25) is 10.1 Å². The van der Waals surface area contributed by atoms with E-state index in [0.29, 0.717) is 29.9 Å². The fourth-order valence-corrected chi connectivity index (χ4v) is 6.03. The maximum Gasteiger partial charge on any atom is 0.347 e. The molecule has 45 heavy (non-hydrogen) atoms. The number of rotatable bonds is 15. The highest BCUT2D eigenvalue weighted by Crippen LogP contribution is 2.46. The standard InChI is InChI=1S/C37H47NO7/c1-5-35(3,33(41)38-25-22-32(40)26-10-16-29(39)17-11-26)44-30-18-12-27(13-19-30)37(23-8-7-9-24-37)28-14-20-31(21-15-28)45-36(4,6-2)34(42)43/h10-21,33,38-39,41H,5-9,22-25H2,1-4H3,(H,42,43). The minimum atomic E-state index is -1.28. The highest BCUT2D eigenvalue weighted by molar-refractivity contribution is 5.96. The van der Waals surface area contributed by atoms with Crippen LogP contribution < -0.4 is 14.8 Å². The van der Waals surface area contributed by atoms with Crippen molar-refractivity contribution in [2.45, 2.75) is 102 Å². The van der Waals surface area contributed by atoms with Crippen LogP contribution in [0.3, 0.4) is 0 Å². The first-order chi connectivity index (χ1) is 21.4. The van der Waals surface area contributed by atoms with E-state index in [0.717, 1.165) is 25.7 Å². The fraction of sp³-hybridized carbons (Fsp3) is 0.459. The van der Waals surface area contributed by atoms with E-state index in [2.05, 4.69) is 29.6 Å². The van der Waals surface area contributed by atoms with Crippen LogP contribution in [0.2, 0.25) is 0 Å². The molecule has 0 aliphatic heterocycles. The number of carbonyl (C=O) groups is 2. The zero-order valence-electron chi connectivity index (χ0n) is 26.8. The van der Waals surface area contributed by atoms with E-state index in [1.54, 1.807) is 26.0 Å². The summed E-state index contributed by atoms with van der Waals surface area (Å²) in [6, 6.07) is 22.1. The first kappa shape index (κ1) is 34.0. The first-order valence-electron chi connectivity index (χ1n) is 16.0. The Hall–Kier alpha value is -3.88. The van der Waals surface area contributed by atoms with Gasteiger partial charge in [0.1, 0.15) is 29.1 Å². The average Bonchev–Trinajstić information content (AvgIpc) is 3.05. The molecule has 0 spiro atoms. The summed E-state index contributed by atoms with van der Waals surface area (Å²) in [7, 11) is 0. The van der Waals surface area contributed by atoms with Crippen molar-refractivity contribution in [2.75, 3.05) is 6.54 Å². The number of aliphatic hydroxyl groups excluding tert-OH is 1. The Balaban J connectivity index is 1.44. The number of phenols is 1. The zero-order valence-corrected chi connectivity index (χ0v) is 26.8. The highest BCUT2D eigenvalue weighted by atomic mass is 16.5. The molecule has 0 heterocycles. The summed E-state index contributed by atoms with van der Waals surface area (Å²) in [5.41, 5.74) is 0.505. The number of hydrogen-bond acceptors (Lipinski definition) is 7. The van der Waals surface area contributed by atoms with Gasteiger partial charge >= 0.3 is 5.97 Å². The lowest BCUT2D eigenvalue weighted by atomic mass is 9.65. The molecule has 4 N–H and O–H groups in total. The number of Topliss-reactive ketones (excluding diaryl/α,β-unsaturated/α-hetero) is 1. The van der Waals surface area contributed by atoms with E-state index < -0.39 is 23.4 Å². The lowest BCUT2D eigenvalue weighted by Crippen LogP contribution is -2.52. The predicted molar refractivity (Wildman–Crippen MR) is 174 cm³/mol. The number of carboxylic acid groups (broad SMARTS) is 1. The number of benzene rings is 3. The van der Waals surface area contributed by atoms with E-state index in [1.165, 1.54) is 29.7 Å². The summed E-state index contributed by atoms with van der Waals surface area (Å²) >= 11 is 0. The number of aliphatic carboxylic acids is 1. The number of hydrogen-bond donors (Lipinski definition) is 4. The lowest BCUT2D eigenvalue weighted by molar-refractivity contribution is -0.154. The molecular weight excluding hydrogens is 570 g/mol. The molecule has 4 rings (SSSR count). The van der Waals surface area contributed by atoms with Gasteiger partial charge in [0.05, 0.1) is 0 Å². The van der Waals surface area contributed by atoms with Crippen molar-refractivity contribution in [3.63, 3.8) is 0 Å². The van der Waals surface area contributed by atoms with Crippen LogP contribution in [-0.4, -0.2) is 51.0 Å². The molecule has 8 nitrogen and oxygen atoms in total. The highest BCUT2D eigenvalue weighted by Gasteiger charge is 2.38. The molecule has 0 amide bonds. The van der Waals surface area contributed by atoms with Gasteiger partial charge in [-0.2, -0.15) is 0 Å². The molecular formula is C37H47NO7. The van der Waals surface area contributed by atoms with Crippen molar-refractivity contribution in [1.29, 1.82) is 0 Å². The minimum absolute atomic E-state index is 0.0806. The summed E-state index contributed by atoms with van der Waals surface area (Å²) < 4.78 is 12.2. The Morgan fingerprint density at radius 2 is 1.36 bits per heavy atom. The van der Waals surface area contributed by atoms with Gasteiger partial charge in [0, 0.05) is 23.9 Å². The van der Waals surface area contributed by atoms with Crippen LogP contribution in [0, 0.1) is 0 Å². The number of carbonyl (C=O) groups excluding carboxylic acids is 1. The van der Waals surface area contributed by atoms with E-state index in [-0.39, 0.29) is 29.9 Å². The van der Waals surface area contributed by atoms with Crippen molar-refractivity contribution >= 4 is 11.8 Å². The maximum absolute atomic E-state index is 12.5. The third-order valence-corrected chi connectivity index (χ3v) is 9.50. The molecule has 1 aliphatic carbocycles. The number of phenolic OH excluding ortho intramolecular Hbond substituents is 1. The summed E-state index contributed by atoms with van der Waals surface area (Å²) in [5.74, 6) is 0.227. The smallest absolute Gasteiger partial charge is 0.347 e. The van der Waals surface area contributed by atoms with Crippen molar-refractivity contribution in [1.82, 2.24) is 5.32 Å². The van der Waals surface area contributed by atoms with Gasteiger partial charge in [0.2, 0.25) is 5.60 Å². The van der Waals surface area contributed by atoms with Gasteiger partial charge in [-0.15, -0.1) is 0 Å². The molecule has 8 heteroatoms. The van der Waals surface area contributed by atoms with Gasteiger partial charge in [-0.1, -0.05) is 57.4 Å². The quantitative estimate of drug-likeness (QED) is 0.106. The summed E-state index contributed by atoms with van der Waals surface area (Å²) in [4.78, 5) is 24.2. The Morgan fingerprint density at radius 3 is 1.84 bits per heavy atom. The summed E-state index contributed by atoms with van der Waals surface area (Å²) in [6.45, 7) is 7.47. The predicted octanol–water partition coefficient (Wildman–Crippen LogP) is 7.00. The lowest BCUT2D eigenvalue weighted by Gasteiger charge is -2.39. The largest absolute Gasteiger partial charge is 0.508 e. The molecule has 242 valence electrons. The molecule has 3 aromatic rings. The number of aromatic hydroxyl groups is 1. The van der Waals surface area contributed by atoms with Crippen LogP contribution in [0.4, 0.5) is 0 Å². The van der Waals surface area contributed by atoms with Crippen molar-refractivity contribution in [3.05, 3.63) is 89.5 Å². The molecule has 3 atom stereocenters. The van der Waals surface area contributed by atoms with Crippen LogP contribution >= 0.6 is 0 Å². The number of ketones is 1. The van der Waals surface area contributed by atoms with Gasteiger partial charge in [-0.25, -0.2) is 4.79 Å². The Bertz CT molecular complexity index is 1410. The van der Waals surface area contributed by atoms with Crippen LogP contribution in [0.15, 0.2) is 72.8 Å². The second-order valence-electron chi connectivity index (χ2n) is 12.5. The molecule has 1 saturated carbocycles. The maximum atomic E-state index is 12.5. The van der Waals surface area contributed by atoms with E-state index in [9.17, 15) is 24.9 Å². The van der Waals surface area contributed by atoms with Crippen molar-refractivity contribution in [2.24, 2.45) is 0 Å². The van der Waals surface area contributed by atoms with Crippen LogP contribution in [0.5, 0.6) is 17.2 Å². The van der Waals surface area contributed by atoms with Gasteiger partial charge in [0.15, 0.2) is 5.78 Å². The van der Waals surface area contributed by atoms with Crippen LogP contribution in [0.25, 0.3) is 0 Å². The fourth-order valence-electron chi connectivity index (χ4n) is 6.03. The molecule has 3 aromatic carbocycles. The average molecular weight is 618 g/mol. The first-order valence-corrected chi connectivity index (χ1v) is 16.0. The molecule has 0 bridgehead atoms. The van der Waals surface area contributed by atoms with Crippen molar-refractivity contribution < 1.29 is 34.4 Å². The Morgan fingerprint density at radius 1 is 0.822 bits per heavy atom. The molecule has 3 unspecified atom stereocenters. The number of aliphatic hydroxyl groups is 1. The van der Waals surface area contributed by atoms with Gasteiger partial charge < -0.3 is 24.8 Å². The number of ether oxygens (including phenoxy) is 2. The Labute approximate surface area is 266 Å². The Kier molecular flexibility index (Phi) is 10.9. The molecule has 0 radical (unpaired) electrons. The van der Waals surface area contributed by atoms with E-state index in [1.807, 2.05) is 38.1 Å². The van der Waals surface area contributed by atoms with Gasteiger partial charge in [-0.05, 0) is 99.2 Å². The van der Waals surface area contributed by atoms with Crippen molar-refractivity contribution in [3.8, 4) is 17.2 Å². The number of nitrogens with one attached hydrogen (secondary N) is 1. The third-order valence-electron chi connectivity index (χ3n) is 9.50. The SMILES string of the molecule is CCC(C)(Oc1ccc(C2(c3ccc(OC(C)(CC)C(O)NCCC(=O)c4ccc(O)cc4)cc3)CCCCC2)cc1)C(=O)O. The number of carboxylic acids is 1. The van der Waals surface area contributed by atoms with Gasteiger partial charge in [0.25, 0.3) is 0 Å². The summed E-state index contributed by atoms with van der Waals surface area (Å²) in [6.07, 6.45) is 5.52. The molecule has 1 aliphatic rings. The molecule has 1 fully saturated rings. The monoisotopic (exact) mass is 617 g/mol. The van der Waals surface area contributed by atoms with E-state index >= 15 is 0 Å². The topological polar surface area (TPSA) is 125 Å². The second kappa shape index (κ2) is 14.5. The van der Waals surface area contributed by atoms with E-state index in [4.69, 9.17) is 9.47 Å². The third kappa shape index (κ3) is 7.86. The molecule has 0 aromatic heterocycles. The molecule has 0 saturated heterocycles. The van der Waals surface area contributed by atoms with Crippen LogP contribution in [-0.2, 0) is 10.2 Å².